The lowest BCUT2D eigenvalue weighted by molar-refractivity contribution is -0.140. The Morgan fingerprint density at radius 3 is 2.56 bits per heavy atom. The maximum absolute atomic E-state index is 13.3. The van der Waals surface area contributed by atoms with Crippen LogP contribution < -0.4 is 10.1 Å². The van der Waals surface area contributed by atoms with Crippen molar-refractivity contribution in [2.75, 3.05) is 59.4 Å². The number of hydrogen-bond acceptors (Lipinski definition) is 6. The second-order valence-corrected chi connectivity index (χ2v) is 8.65. The van der Waals surface area contributed by atoms with E-state index < -0.39 is 12.6 Å². The summed E-state index contributed by atoms with van der Waals surface area (Å²) in [5.41, 5.74) is 0.629. The number of likely N-dealkylation sites (N-methyl/N-ethyl adjacent to an activating group) is 1. The molecule has 1 aromatic carbocycles. The Kier molecular flexibility index (Phi) is 10.1. The van der Waals surface area contributed by atoms with Crippen LogP contribution in [0.25, 0.3) is 0 Å². The molecule has 1 aliphatic heterocycles. The van der Waals surface area contributed by atoms with Crippen LogP contribution in [-0.4, -0.2) is 94.1 Å². The average Bonchev–Trinajstić information content (AvgIpc) is 2.77. The average molecular weight is 490 g/mol. The van der Waals surface area contributed by atoms with Gasteiger partial charge in [0, 0.05) is 52.6 Å². The highest BCUT2D eigenvalue weighted by Gasteiger charge is 2.32. The van der Waals surface area contributed by atoms with Crippen molar-refractivity contribution >= 4 is 17.5 Å². The fourth-order valence-corrected chi connectivity index (χ4v) is 3.84. The topological polar surface area (TPSA) is 80.3 Å². The summed E-state index contributed by atoms with van der Waals surface area (Å²) in [7, 11) is 4.54. The molecule has 0 saturated heterocycles. The fourth-order valence-electron chi connectivity index (χ4n) is 3.84. The van der Waals surface area contributed by atoms with E-state index in [0.29, 0.717) is 12.2 Å². The number of carbonyl (C=O) groups excluding carboxylic acids is 2. The molecule has 0 saturated carbocycles. The molecule has 3 atom stereocenters. The molecule has 2 amide bonds. The maximum atomic E-state index is 13.3. The van der Waals surface area contributed by atoms with E-state index >= 15 is 0 Å². The lowest BCUT2D eigenvalue weighted by atomic mass is 10.0. The Hall–Kier alpha value is -2.37. The normalized spacial score (nSPS) is 22.9. The number of hydrogen-bond donors (Lipinski definition) is 1. The molecule has 2 rings (SSSR count). The second kappa shape index (κ2) is 12.4. The van der Waals surface area contributed by atoms with E-state index in [4.69, 9.17) is 14.2 Å². The van der Waals surface area contributed by atoms with Gasteiger partial charge in [0.25, 0.3) is 5.91 Å². The van der Waals surface area contributed by atoms with E-state index in [9.17, 15) is 22.8 Å². The highest BCUT2D eigenvalue weighted by Crippen LogP contribution is 2.27. The van der Waals surface area contributed by atoms with Crippen molar-refractivity contribution in [2.24, 2.45) is 5.92 Å². The standard InChI is InChI=1S/C23H34F3N3O5/c1-15-11-29(9-8-23(24,25)26)16(2)13-34-19-7-6-17(27-21(30)14-32-4)10-18(19)22(31)28(3)12-20(15)33-5/h6-7,10,15-16,20H,8-9,11-14H2,1-5H3,(H,27,30)/t15-,16+,20-/m1/s1. The molecule has 0 fully saturated rings. The summed E-state index contributed by atoms with van der Waals surface area (Å²) in [6.07, 6.45) is -5.58. The van der Waals surface area contributed by atoms with Crippen LogP contribution in [0, 0.1) is 5.92 Å². The van der Waals surface area contributed by atoms with Crippen LogP contribution in [0.3, 0.4) is 0 Å². The number of nitrogens with one attached hydrogen (secondary N) is 1. The first kappa shape index (κ1) is 27.9. The summed E-state index contributed by atoms with van der Waals surface area (Å²) < 4.78 is 55.1. The van der Waals surface area contributed by atoms with Crippen LogP contribution in [0.15, 0.2) is 18.2 Å². The SMILES string of the molecule is COCC(=O)Nc1ccc2c(c1)C(=O)N(C)C[C@@H](OC)[C@H](C)CN(CCC(F)(F)F)[C@@H](C)CO2. The van der Waals surface area contributed by atoms with Crippen LogP contribution >= 0.6 is 0 Å². The number of rotatable bonds is 6. The van der Waals surface area contributed by atoms with Crippen molar-refractivity contribution in [2.45, 2.75) is 38.6 Å². The van der Waals surface area contributed by atoms with Gasteiger partial charge in [-0.2, -0.15) is 13.2 Å². The Morgan fingerprint density at radius 1 is 1.24 bits per heavy atom. The molecule has 0 spiro atoms. The molecular weight excluding hydrogens is 455 g/mol. The predicted molar refractivity (Wildman–Crippen MR) is 121 cm³/mol. The number of nitrogens with zero attached hydrogens (tertiary/aromatic N) is 2. The van der Waals surface area contributed by atoms with Gasteiger partial charge in [-0.3, -0.25) is 14.5 Å². The lowest BCUT2D eigenvalue weighted by Crippen LogP contribution is -2.47. The largest absolute Gasteiger partial charge is 0.491 e. The van der Waals surface area contributed by atoms with Crippen molar-refractivity contribution in [3.05, 3.63) is 23.8 Å². The van der Waals surface area contributed by atoms with Gasteiger partial charge in [-0.1, -0.05) is 6.92 Å². The number of fused-ring (bicyclic) bond motifs is 1. The van der Waals surface area contributed by atoms with Crippen molar-refractivity contribution in [1.82, 2.24) is 9.80 Å². The highest BCUT2D eigenvalue weighted by atomic mass is 19.4. The van der Waals surface area contributed by atoms with Crippen LogP contribution in [-0.2, 0) is 14.3 Å². The van der Waals surface area contributed by atoms with E-state index in [0.717, 1.165) is 0 Å². The van der Waals surface area contributed by atoms with Gasteiger partial charge in [-0.25, -0.2) is 0 Å². The summed E-state index contributed by atoms with van der Waals surface area (Å²) in [6, 6.07) is 4.34. The number of benzene rings is 1. The molecule has 0 unspecified atom stereocenters. The third-order valence-electron chi connectivity index (χ3n) is 5.82. The number of halogens is 3. The highest BCUT2D eigenvalue weighted by molar-refractivity contribution is 5.99. The fraction of sp³-hybridized carbons (Fsp3) is 0.652. The Morgan fingerprint density at radius 2 is 1.94 bits per heavy atom. The van der Waals surface area contributed by atoms with Gasteiger partial charge in [-0.05, 0) is 31.0 Å². The zero-order valence-corrected chi connectivity index (χ0v) is 20.3. The molecule has 1 heterocycles. The third kappa shape index (κ3) is 8.14. The monoisotopic (exact) mass is 489 g/mol. The molecular formula is C23H34F3N3O5. The first-order valence-corrected chi connectivity index (χ1v) is 11.1. The van der Waals surface area contributed by atoms with Gasteiger partial charge in [0.1, 0.15) is 19.0 Å². The van der Waals surface area contributed by atoms with Crippen molar-refractivity contribution in [3.8, 4) is 5.75 Å². The maximum Gasteiger partial charge on any atom is 0.390 e. The Labute approximate surface area is 198 Å². The van der Waals surface area contributed by atoms with Crippen LogP contribution in [0.2, 0.25) is 0 Å². The first-order chi connectivity index (χ1) is 15.9. The molecule has 0 bridgehead atoms. The Bertz CT molecular complexity index is 837. The molecule has 11 heteroatoms. The minimum Gasteiger partial charge on any atom is -0.491 e. The number of methoxy groups -OCH3 is 2. The minimum atomic E-state index is -4.27. The summed E-state index contributed by atoms with van der Waals surface area (Å²) in [4.78, 5) is 28.4. The van der Waals surface area contributed by atoms with Crippen molar-refractivity contribution < 1.29 is 37.0 Å². The second-order valence-electron chi connectivity index (χ2n) is 8.65. The Balaban J connectivity index is 2.37. The van der Waals surface area contributed by atoms with E-state index in [2.05, 4.69) is 5.32 Å². The van der Waals surface area contributed by atoms with Crippen molar-refractivity contribution in [3.63, 3.8) is 0 Å². The predicted octanol–water partition coefficient (Wildman–Crippen LogP) is 3.03. The van der Waals surface area contributed by atoms with E-state index in [1.54, 1.807) is 31.0 Å². The number of amides is 2. The molecule has 8 nitrogen and oxygen atoms in total. The molecule has 1 N–H and O–H groups in total. The van der Waals surface area contributed by atoms with Crippen LogP contribution in [0.4, 0.5) is 18.9 Å². The zero-order chi connectivity index (χ0) is 25.5. The molecule has 0 radical (unpaired) electrons. The number of anilines is 1. The van der Waals surface area contributed by atoms with Crippen molar-refractivity contribution in [1.29, 1.82) is 0 Å². The molecule has 192 valence electrons. The van der Waals surface area contributed by atoms with Crippen LogP contribution in [0.1, 0.15) is 30.6 Å². The molecule has 1 aliphatic rings. The smallest absolute Gasteiger partial charge is 0.390 e. The quantitative estimate of drug-likeness (QED) is 0.662. The summed E-state index contributed by atoms with van der Waals surface area (Å²) in [5.74, 6) is -0.560. The molecule has 1 aromatic rings. The zero-order valence-electron chi connectivity index (χ0n) is 20.3. The lowest BCUT2D eigenvalue weighted by Gasteiger charge is -2.36. The molecule has 34 heavy (non-hydrogen) atoms. The van der Waals surface area contributed by atoms with E-state index in [-0.39, 0.29) is 67.5 Å². The minimum absolute atomic E-state index is 0.0849. The number of alkyl halides is 3. The van der Waals surface area contributed by atoms with E-state index in [1.165, 1.54) is 25.2 Å². The first-order valence-electron chi connectivity index (χ1n) is 11.1. The van der Waals surface area contributed by atoms with Gasteiger partial charge in [0.2, 0.25) is 5.91 Å². The van der Waals surface area contributed by atoms with E-state index in [1.807, 2.05) is 6.92 Å². The summed E-state index contributed by atoms with van der Waals surface area (Å²) in [6.45, 7) is 4.06. The van der Waals surface area contributed by atoms with Gasteiger partial charge in [-0.15, -0.1) is 0 Å². The van der Waals surface area contributed by atoms with Gasteiger partial charge in [0.15, 0.2) is 0 Å². The number of ether oxygens (including phenoxy) is 3. The molecule has 0 aliphatic carbocycles. The van der Waals surface area contributed by atoms with Gasteiger partial charge >= 0.3 is 6.18 Å². The third-order valence-corrected chi connectivity index (χ3v) is 5.82. The summed E-state index contributed by atoms with van der Waals surface area (Å²) in [5, 5.41) is 2.66. The molecule has 0 aromatic heterocycles. The van der Waals surface area contributed by atoms with Gasteiger partial charge < -0.3 is 24.4 Å². The van der Waals surface area contributed by atoms with Crippen LogP contribution in [0.5, 0.6) is 5.75 Å². The summed E-state index contributed by atoms with van der Waals surface area (Å²) >= 11 is 0. The van der Waals surface area contributed by atoms with Gasteiger partial charge in [0.05, 0.1) is 18.1 Å². The number of carbonyl (C=O) groups is 2.